The van der Waals surface area contributed by atoms with Gasteiger partial charge in [0, 0.05) is 55.9 Å². The molecule has 6 nitrogen and oxygen atoms in total. The van der Waals surface area contributed by atoms with Crippen LogP contribution in [0.25, 0.3) is 0 Å². The molecule has 1 atom stereocenters. The number of likely N-dealkylation sites (N-methyl/N-ethyl adjacent to an activating group) is 2. The summed E-state index contributed by atoms with van der Waals surface area (Å²) >= 11 is 6.09. The van der Waals surface area contributed by atoms with Gasteiger partial charge < -0.3 is 10.2 Å². The van der Waals surface area contributed by atoms with E-state index in [2.05, 4.69) is 29.2 Å². The second-order valence-electron chi connectivity index (χ2n) is 5.56. The fourth-order valence-corrected chi connectivity index (χ4v) is 2.69. The average molecular weight is 313 g/mol. The van der Waals surface area contributed by atoms with Gasteiger partial charge in [-0.05, 0) is 25.7 Å². The third-order valence-electron chi connectivity index (χ3n) is 3.92. The number of nitrogens with zero attached hydrogens (tertiary/aromatic N) is 3. The van der Waals surface area contributed by atoms with Crippen molar-refractivity contribution in [3.8, 4) is 0 Å². The van der Waals surface area contributed by atoms with E-state index in [0.717, 1.165) is 31.7 Å². The summed E-state index contributed by atoms with van der Waals surface area (Å²) in [6, 6.07) is 4.99. The van der Waals surface area contributed by atoms with Crippen molar-refractivity contribution >= 4 is 17.3 Å². The number of non-ortho nitro benzene ring substituents is 1. The Labute approximate surface area is 129 Å². The standard InChI is InChI=1S/C14H21ClN4O2/c1-17-5-6-18(2)13(10-17)9-16-8-11-7-12(19(20)21)3-4-14(11)15/h3-4,7,13,16H,5-6,8-10H2,1-2H3. The Kier molecular flexibility index (Phi) is 5.52. The van der Waals surface area contributed by atoms with Crippen LogP contribution in [0.3, 0.4) is 0 Å². The predicted octanol–water partition coefficient (Wildman–Crippen LogP) is 1.58. The second-order valence-corrected chi connectivity index (χ2v) is 5.97. The summed E-state index contributed by atoms with van der Waals surface area (Å²) in [5.41, 5.74) is 0.836. The quantitative estimate of drug-likeness (QED) is 0.661. The van der Waals surface area contributed by atoms with Gasteiger partial charge in [0.2, 0.25) is 0 Å². The Morgan fingerprint density at radius 1 is 1.43 bits per heavy atom. The molecule has 0 saturated carbocycles. The normalized spacial score (nSPS) is 20.6. The van der Waals surface area contributed by atoms with E-state index < -0.39 is 4.92 Å². The average Bonchev–Trinajstić information content (AvgIpc) is 2.44. The van der Waals surface area contributed by atoms with E-state index in [1.54, 1.807) is 6.07 Å². The van der Waals surface area contributed by atoms with Crippen LogP contribution >= 0.6 is 11.6 Å². The Morgan fingerprint density at radius 2 is 2.19 bits per heavy atom. The molecule has 1 aliphatic rings. The number of nitro groups is 1. The lowest BCUT2D eigenvalue weighted by Gasteiger charge is -2.37. The second kappa shape index (κ2) is 7.17. The first-order valence-electron chi connectivity index (χ1n) is 6.99. The molecule has 1 aromatic rings. The highest BCUT2D eigenvalue weighted by Gasteiger charge is 2.21. The Morgan fingerprint density at radius 3 is 2.90 bits per heavy atom. The van der Waals surface area contributed by atoms with Crippen molar-refractivity contribution in [3.63, 3.8) is 0 Å². The van der Waals surface area contributed by atoms with Gasteiger partial charge in [0.05, 0.1) is 4.92 Å². The number of benzene rings is 1. The van der Waals surface area contributed by atoms with Crippen LogP contribution in [0.4, 0.5) is 5.69 Å². The molecule has 1 unspecified atom stereocenters. The Hall–Kier alpha value is -1.21. The number of hydrogen-bond donors (Lipinski definition) is 1. The zero-order valence-electron chi connectivity index (χ0n) is 12.4. The number of nitro benzene ring substituents is 1. The maximum atomic E-state index is 10.8. The number of nitrogens with one attached hydrogen (secondary N) is 1. The van der Waals surface area contributed by atoms with E-state index in [9.17, 15) is 10.1 Å². The number of hydrogen-bond acceptors (Lipinski definition) is 5. The van der Waals surface area contributed by atoms with Crippen molar-refractivity contribution in [1.29, 1.82) is 0 Å². The van der Waals surface area contributed by atoms with Crippen molar-refractivity contribution in [2.75, 3.05) is 40.3 Å². The van der Waals surface area contributed by atoms with Crippen molar-refractivity contribution in [1.82, 2.24) is 15.1 Å². The van der Waals surface area contributed by atoms with Crippen LogP contribution in [0.1, 0.15) is 5.56 Å². The first-order valence-corrected chi connectivity index (χ1v) is 7.37. The van der Waals surface area contributed by atoms with Gasteiger partial charge in [-0.3, -0.25) is 15.0 Å². The van der Waals surface area contributed by atoms with Gasteiger partial charge >= 0.3 is 0 Å². The first-order chi connectivity index (χ1) is 9.97. The van der Waals surface area contributed by atoms with Crippen LogP contribution in [0, 0.1) is 10.1 Å². The van der Waals surface area contributed by atoms with Gasteiger partial charge in [-0.15, -0.1) is 0 Å². The van der Waals surface area contributed by atoms with E-state index in [1.165, 1.54) is 12.1 Å². The van der Waals surface area contributed by atoms with Crippen LogP contribution < -0.4 is 5.32 Å². The van der Waals surface area contributed by atoms with Crippen LogP contribution in [0.2, 0.25) is 5.02 Å². The lowest BCUT2D eigenvalue weighted by atomic mass is 10.1. The lowest BCUT2D eigenvalue weighted by Crippen LogP contribution is -2.53. The molecule has 116 valence electrons. The fraction of sp³-hybridized carbons (Fsp3) is 0.571. The Balaban J connectivity index is 1.91. The minimum absolute atomic E-state index is 0.0747. The van der Waals surface area contributed by atoms with E-state index >= 15 is 0 Å². The number of piperazine rings is 1. The third-order valence-corrected chi connectivity index (χ3v) is 4.28. The molecule has 1 aromatic carbocycles. The molecular weight excluding hydrogens is 292 g/mol. The highest BCUT2D eigenvalue weighted by molar-refractivity contribution is 6.31. The SMILES string of the molecule is CN1CCN(C)C(CNCc2cc([N+](=O)[O-])ccc2Cl)C1. The zero-order chi connectivity index (χ0) is 15.4. The molecule has 0 aromatic heterocycles. The molecule has 1 fully saturated rings. The van der Waals surface area contributed by atoms with Gasteiger partial charge in [0.25, 0.3) is 5.69 Å². The van der Waals surface area contributed by atoms with Crippen molar-refractivity contribution in [2.24, 2.45) is 0 Å². The molecule has 0 bridgehead atoms. The van der Waals surface area contributed by atoms with Gasteiger partial charge in [-0.25, -0.2) is 0 Å². The topological polar surface area (TPSA) is 61.6 Å². The molecule has 1 N–H and O–H groups in total. The monoisotopic (exact) mass is 312 g/mol. The van der Waals surface area contributed by atoms with Crippen LogP contribution in [-0.4, -0.2) is 61.0 Å². The summed E-state index contributed by atoms with van der Waals surface area (Å²) in [5, 5.41) is 14.7. The molecule has 2 rings (SSSR count). The van der Waals surface area contributed by atoms with E-state index in [1.807, 2.05) is 0 Å². The van der Waals surface area contributed by atoms with Crippen molar-refractivity contribution in [3.05, 3.63) is 38.9 Å². The van der Waals surface area contributed by atoms with Gasteiger partial charge in [-0.2, -0.15) is 0 Å². The maximum Gasteiger partial charge on any atom is 0.269 e. The summed E-state index contributed by atoms with van der Waals surface area (Å²) in [7, 11) is 4.25. The summed E-state index contributed by atoms with van der Waals surface area (Å²) < 4.78 is 0. The molecule has 0 radical (unpaired) electrons. The van der Waals surface area contributed by atoms with Gasteiger partial charge in [0.1, 0.15) is 0 Å². The number of rotatable bonds is 5. The molecule has 1 saturated heterocycles. The molecule has 1 heterocycles. The fourth-order valence-electron chi connectivity index (χ4n) is 2.51. The predicted molar refractivity (Wildman–Crippen MR) is 83.7 cm³/mol. The molecule has 1 aliphatic heterocycles. The summed E-state index contributed by atoms with van der Waals surface area (Å²) in [5.74, 6) is 0. The summed E-state index contributed by atoms with van der Waals surface area (Å²) in [6.07, 6.45) is 0. The van der Waals surface area contributed by atoms with Gasteiger partial charge in [0.15, 0.2) is 0 Å². The molecule has 0 amide bonds. The molecule has 0 aliphatic carbocycles. The third kappa shape index (κ3) is 4.38. The van der Waals surface area contributed by atoms with Crippen LogP contribution in [0.5, 0.6) is 0 Å². The molecule has 0 spiro atoms. The van der Waals surface area contributed by atoms with Crippen molar-refractivity contribution in [2.45, 2.75) is 12.6 Å². The largest absolute Gasteiger partial charge is 0.311 e. The maximum absolute atomic E-state index is 10.8. The summed E-state index contributed by atoms with van der Waals surface area (Å²) in [6.45, 7) is 4.53. The molecule has 21 heavy (non-hydrogen) atoms. The molecule has 7 heteroatoms. The highest BCUT2D eigenvalue weighted by atomic mass is 35.5. The lowest BCUT2D eigenvalue weighted by molar-refractivity contribution is -0.384. The highest BCUT2D eigenvalue weighted by Crippen LogP contribution is 2.21. The number of halogens is 1. The van der Waals surface area contributed by atoms with Crippen LogP contribution in [0.15, 0.2) is 18.2 Å². The zero-order valence-corrected chi connectivity index (χ0v) is 13.1. The van der Waals surface area contributed by atoms with Crippen molar-refractivity contribution < 1.29 is 4.92 Å². The van der Waals surface area contributed by atoms with E-state index in [0.29, 0.717) is 17.6 Å². The Bertz CT molecular complexity index is 512. The first kappa shape index (κ1) is 16.2. The summed E-state index contributed by atoms with van der Waals surface area (Å²) in [4.78, 5) is 15.0. The van der Waals surface area contributed by atoms with E-state index in [-0.39, 0.29) is 5.69 Å². The van der Waals surface area contributed by atoms with E-state index in [4.69, 9.17) is 11.6 Å². The van der Waals surface area contributed by atoms with Crippen LogP contribution in [-0.2, 0) is 6.54 Å². The molecular formula is C14H21ClN4O2. The minimum Gasteiger partial charge on any atom is -0.311 e. The minimum atomic E-state index is -0.399. The van der Waals surface area contributed by atoms with Gasteiger partial charge in [-0.1, -0.05) is 11.6 Å². The smallest absolute Gasteiger partial charge is 0.269 e.